The van der Waals surface area contributed by atoms with Gasteiger partial charge in [0.05, 0.1) is 12.6 Å². The fourth-order valence-corrected chi connectivity index (χ4v) is 3.15. The first-order valence-corrected chi connectivity index (χ1v) is 7.76. The molecule has 5 heteroatoms. The van der Waals surface area contributed by atoms with Gasteiger partial charge in [-0.05, 0) is 43.7 Å². The van der Waals surface area contributed by atoms with Gasteiger partial charge in [-0.3, -0.25) is 0 Å². The summed E-state index contributed by atoms with van der Waals surface area (Å²) in [6.45, 7) is 5.07. The zero-order valence-corrected chi connectivity index (χ0v) is 13.0. The lowest BCUT2D eigenvalue weighted by Gasteiger charge is -2.14. The SMILES string of the molecule is Cc1ccc(C(C)Nc2cccc(Cn3cncn3)c2)s1. The van der Waals surface area contributed by atoms with E-state index in [1.165, 1.54) is 15.3 Å². The lowest BCUT2D eigenvalue weighted by atomic mass is 10.2. The van der Waals surface area contributed by atoms with Gasteiger partial charge in [-0.1, -0.05) is 12.1 Å². The van der Waals surface area contributed by atoms with E-state index in [0.29, 0.717) is 6.04 Å². The molecule has 0 bridgehead atoms. The standard InChI is InChI=1S/C16H18N4S/c1-12-6-7-16(21-12)13(2)19-15-5-3-4-14(8-15)9-20-11-17-10-18-20/h3-8,10-11,13,19H,9H2,1-2H3. The Morgan fingerprint density at radius 2 is 2.19 bits per heavy atom. The van der Waals surface area contributed by atoms with E-state index in [-0.39, 0.29) is 0 Å². The summed E-state index contributed by atoms with van der Waals surface area (Å²) in [6.07, 6.45) is 3.29. The Morgan fingerprint density at radius 3 is 2.90 bits per heavy atom. The van der Waals surface area contributed by atoms with Crippen molar-refractivity contribution in [3.05, 3.63) is 64.4 Å². The first kappa shape index (κ1) is 13.8. The number of hydrogen-bond acceptors (Lipinski definition) is 4. The molecule has 0 aliphatic rings. The van der Waals surface area contributed by atoms with E-state index < -0.39 is 0 Å². The van der Waals surface area contributed by atoms with Crippen molar-refractivity contribution in [2.45, 2.75) is 26.4 Å². The minimum absolute atomic E-state index is 0.310. The summed E-state index contributed by atoms with van der Waals surface area (Å²) in [5, 5.41) is 7.70. The van der Waals surface area contributed by atoms with E-state index in [4.69, 9.17) is 0 Å². The molecule has 108 valence electrons. The third kappa shape index (κ3) is 3.49. The van der Waals surface area contributed by atoms with Crippen molar-refractivity contribution >= 4 is 17.0 Å². The third-order valence-corrected chi connectivity index (χ3v) is 4.49. The van der Waals surface area contributed by atoms with E-state index in [1.807, 2.05) is 16.0 Å². The van der Waals surface area contributed by atoms with Gasteiger partial charge >= 0.3 is 0 Å². The van der Waals surface area contributed by atoms with Crippen LogP contribution in [0.3, 0.4) is 0 Å². The second-order valence-corrected chi connectivity index (χ2v) is 6.43. The molecule has 0 aliphatic heterocycles. The highest BCUT2D eigenvalue weighted by atomic mass is 32.1. The fraction of sp³-hybridized carbons (Fsp3) is 0.250. The predicted octanol–water partition coefficient (Wildman–Crippen LogP) is 3.87. The fourth-order valence-electron chi connectivity index (χ4n) is 2.27. The molecule has 0 amide bonds. The van der Waals surface area contributed by atoms with Crippen LogP contribution in [0.2, 0.25) is 0 Å². The van der Waals surface area contributed by atoms with Crippen LogP contribution >= 0.6 is 11.3 Å². The average Bonchev–Trinajstić information content (AvgIpc) is 3.11. The van der Waals surface area contributed by atoms with Gasteiger partial charge in [0, 0.05) is 15.4 Å². The summed E-state index contributed by atoms with van der Waals surface area (Å²) in [5.41, 5.74) is 2.34. The van der Waals surface area contributed by atoms with Crippen molar-refractivity contribution in [3.8, 4) is 0 Å². The minimum Gasteiger partial charge on any atom is -0.378 e. The number of nitrogens with zero attached hydrogens (tertiary/aromatic N) is 3. The maximum absolute atomic E-state index is 4.14. The zero-order chi connectivity index (χ0) is 14.7. The molecule has 3 rings (SSSR count). The van der Waals surface area contributed by atoms with Crippen LogP contribution in [0.25, 0.3) is 0 Å². The number of aromatic nitrogens is 3. The molecule has 0 saturated heterocycles. The van der Waals surface area contributed by atoms with Crippen LogP contribution in [0, 0.1) is 6.92 Å². The molecule has 4 nitrogen and oxygen atoms in total. The highest BCUT2D eigenvalue weighted by Crippen LogP contribution is 2.26. The van der Waals surface area contributed by atoms with Crippen molar-refractivity contribution in [1.82, 2.24) is 14.8 Å². The van der Waals surface area contributed by atoms with Gasteiger partial charge in [-0.15, -0.1) is 11.3 Å². The van der Waals surface area contributed by atoms with Gasteiger partial charge < -0.3 is 5.32 Å². The number of benzene rings is 1. The van der Waals surface area contributed by atoms with Crippen molar-refractivity contribution in [3.63, 3.8) is 0 Å². The summed E-state index contributed by atoms with van der Waals surface area (Å²) in [6, 6.07) is 13.1. The molecule has 0 radical (unpaired) electrons. The Kier molecular flexibility index (Phi) is 4.01. The Bertz CT molecular complexity index is 703. The van der Waals surface area contributed by atoms with Crippen LogP contribution in [0.4, 0.5) is 5.69 Å². The summed E-state index contributed by atoms with van der Waals surface area (Å²) < 4.78 is 1.82. The molecule has 1 unspecified atom stereocenters. The quantitative estimate of drug-likeness (QED) is 0.777. The van der Waals surface area contributed by atoms with Crippen LogP contribution in [0.5, 0.6) is 0 Å². The number of aryl methyl sites for hydroxylation is 1. The molecule has 21 heavy (non-hydrogen) atoms. The third-order valence-electron chi connectivity index (χ3n) is 3.31. The summed E-state index contributed by atoms with van der Waals surface area (Å²) in [5.74, 6) is 0. The summed E-state index contributed by atoms with van der Waals surface area (Å²) in [4.78, 5) is 6.67. The molecule has 1 N–H and O–H groups in total. The molecular weight excluding hydrogens is 280 g/mol. The number of anilines is 1. The van der Waals surface area contributed by atoms with Crippen LogP contribution in [-0.2, 0) is 6.54 Å². The lowest BCUT2D eigenvalue weighted by molar-refractivity contribution is 0.685. The van der Waals surface area contributed by atoms with Crippen molar-refractivity contribution in [1.29, 1.82) is 0 Å². The smallest absolute Gasteiger partial charge is 0.137 e. The number of thiophene rings is 1. The van der Waals surface area contributed by atoms with E-state index in [0.717, 1.165) is 12.2 Å². The van der Waals surface area contributed by atoms with Gasteiger partial charge in [-0.2, -0.15) is 5.10 Å². The maximum Gasteiger partial charge on any atom is 0.137 e. The number of hydrogen-bond donors (Lipinski definition) is 1. The van der Waals surface area contributed by atoms with Gasteiger partial charge in [0.2, 0.25) is 0 Å². The van der Waals surface area contributed by atoms with Crippen LogP contribution in [-0.4, -0.2) is 14.8 Å². The Morgan fingerprint density at radius 1 is 1.29 bits per heavy atom. The van der Waals surface area contributed by atoms with Gasteiger partial charge in [0.25, 0.3) is 0 Å². The van der Waals surface area contributed by atoms with E-state index in [2.05, 4.69) is 65.6 Å². The topological polar surface area (TPSA) is 42.7 Å². The maximum atomic E-state index is 4.14. The van der Waals surface area contributed by atoms with Gasteiger partial charge in [0.1, 0.15) is 12.7 Å². The number of rotatable bonds is 5. The average molecular weight is 298 g/mol. The summed E-state index contributed by atoms with van der Waals surface area (Å²) in [7, 11) is 0. The molecular formula is C16H18N4S. The van der Waals surface area contributed by atoms with Crippen molar-refractivity contribution in [2.75, 3.05) is 5.32 Å². The van der Waals surface area contributed by atoms with E-state index in [1.54, 1.807) is 12.7 Å². The van der Waals surface area contributed by atoms with E-state index >= 15 is 0 Å². The Hall–Kier alpha value is -2.14. The van der Waals surface area contributed by atoms with Crippen molar-refractivity contribution in [2.24, 2.45) is 0 Å². The van der Waals surface area contributed by atoms with Gasteiger partial charge in [0.15, 0.2) is 0 Å². The molecule has 0 aliphatic carbocycles. The molecule has 1 atom stereocenters. The molecule has 0 spiro atoms. The normalized spacial score (nSPS) is 12.3. The Labute approximate surface area is 128 Å². The molecule has 0 saturated carbocycles. The highest BCUT2D eigenvalue weighted by molar-refractivity contribution is 7.12. The predicted molar refractivity (Wildman–Crippen MR) is 86.7 cm³/mol. The molecule has 3 aromatic rings. The zero-order valence-electron chi connectivity index (χ0n) is 12.2. The molecule has 2 aromatic heterocycles. The number of nitrogens with one attached hydrogen (secondary N) is 1. The largest absolute Gasteiger partial charge is 0.378 e. The van der Waals surface area contributed by atoms with Crippen LogP contribution in [0.1, 0.15) is 28.3 Å². The first-order valence-electron chi connectivity index (χ1n) is 6.95. The van der Waals surface area contributed by atoms with Crippen LogP contribution in [0.15, 0.2) is 49.1 Å². The van der Waals surface area contributed by atoms with Crippen LogP contribution < -0.4 is 5.32 Å². The Balaban J connectivity index is 1.71. The lowest BCUT2D eigenvalue weighted by Crippen LogP contribution is -2.06. The van der Waals surface area contributed by atoms with Gasteiger partial charge in [-0.25, -0.2) is 9.67 Å². The second-order valence-electron chi connectivity index (χ2n) is 5.11. The van der Waals surface area contributed by atoms with Crippen molar-refractivity contribution < 1.29 is 0 Å². The van der Waals surface area contributed by atoms with E-state index in [9.17, 15) is 0 Å². The second kappa shape index (κ2) is 6.10. The molecule has 1 aromatic carbocycles. The minimum atomic E-state index is 0.310. The first-order chi connectivity index (χ1) is 10.2. The molecule has 2 heterocycles. The monoisotopic (exact) mass is 298 g/mol. The molecule has 0 fully saturated rings. The highest BCUT2D eigenvalue weighted by Gasteiger charge is 2.08. The summed E-state index contributed by atoms with van der Waals surface area (Å²) >= 11 is 1.84.